The van der Waals surface area contributed by atoms with E-state index in [-0.39, 0.29) is 24.7 Å². The van der Waals surface area contributed by atoms with Crippen molar-refractivity contribution in [3.63, 3.8) is 0 Å². The van der Waals surface area contributed by atoms with Crippen LogP contribution in [0.3, 0.4) is 0 Å². The lowest BCUT2D eigenvalue weighted by Crippen LogP contribution is -2.29. The zero-order valence-electron chi connectivity index (χ0n) is 14.0. The molecule has 1 rings (SSSR count). The Morgan fingerprint density at radius 1 is 1.19 bits per heavy atom. The average molecular weight is 297 g/mol. The predicted octanol–water partition coefficient (Wildman–Crippen LogP) is 3.44. The van der Waals surface area contributed by atoms with Gasteiger partial charge in [-0.25, -0.2) is 0 Å². The SMILES string of the molecule is CC1CCCC(CCNC(=O)CCC(=O)OC(C)(C)C)C1. The molecule has 2 atom stereocenters. The van der Waals surface area contributed by atoms with Gasteiger partial charge >= 0.3 is 5.97 Å². The summed E-state index contributed by atoms with van der Waals surface area (Å²) in [6.07, 6.45) is 6.67. The van der Waals surface area contributed by atoms with Gasteiger partial charge in [0.1, 0.15) is 5.60 Å². The first kappa shape index (κ1) is 18.0. The Labute approximate surface area is 129 Å². The van der Waals surface area contributed by atoms with Gasteiger partial charge in [0.05, 0.1) is 6.42 Å². The Morgan fingerprint density at radius 3 is 2.52 bits per heavy atom. The second-order valence-corrected chi connectivity index (χ2v) is 7.36. The van der Waals surface area contributed by atoms with E-state index >= 15 is 0 Å². The summed E-state index contributed by atoms with van der Waals surface area (Å²) >= 11 is 0. The molecule has 0 aromatic heterocycles. The van der Waals surface area contributed by atoms with Crippen LogP contribution in [-0.2, 0) is 14.3 Å². The number of hydrogen-bond acceptors (Lipinski definition) is 3. The Kier molecular flexibility index (Phi) is 7.20. The minimum absolute atomic E-state index is 0.0512. The van der Waals surface area contributed by atoms with Crippen LogP contribution in [0.1, 0.15) is 72.6 Å². The number of hydrogen-bond donors (Lipinski definition) is 1. The second-order valence-electron chi connectivity index (χ2n) is 7.36. The lowest BCUT2D eigenvalue weighted by molar-refractivity contribution is -0.155. The molecule has 21 heavy (non-hydrogen) atoms. The van der Waals surface area contributed by atoms with Gasteiger partial charge in [-0.2, -0.15) is 0 Å². The van der Waals surface area contributed by atoms with Crippen molar-refractivity contribution in [3.05, 3.63) is 0 Å². The van der Waals surface area contributed by atoms with Crippen molar-refractivity contribution >= 4 is 11.9 Å². The number of rotatable bonds is 6. The average Bonchev–Trinajstić information content (AvgIpc) is 2.34. The van der Waals surface area contributed by atoms with Crippen LogP contribution >= 0.6 is 0 Å². The van der Waals surface area contributed by atoms with Crippen molar-refractivity contribution in [1.82, 2.24) is 5.32 Å². The molecular weight excluding hydrogens is 266 g/mol. The first-order valence-electron chi connectivity index (χ1n) is 8.25. The summed E-state index contributed by atoms with van der Waals surface area (Å²) in [4.78, 5) is 23.2. The van der Waals surface area contributed by atoms with Gasteiger partial charge in [0.15, 0.2) is 0 Å². The van der Waals surface area contributed by atoms with Crippen LogP contribution in [0.25, 0.3) is 0 Å². The van der Waals surface area contributed by atoms with Gasteiger partial charge in [0, 0.05) is 13.0 Å². The largest absolute Gasteiger partial charge is 0.460 e. The number of carbonyl (C=O) groups is 2. The molecule has 0 heterocycles. The minimum atomic E-state index is -0.481. The van der Waals surface area contributed by atoms with Crippen LogP contribution in [-0.4, -0.2) is 24.0 Å². The maximum absolute atomic E-state index is 11.7. The molecule has 0 aliphatic heterocycles. The molecule has 0 aromatic carbocycles. The Bertz CT molecular complexity index is 346. The van der Waals surface area contributed by atoms with Crippen molar-refractivity contribution in [3.8, 4) is 0 Å². The number of ether oxygens (including phenoxy) is 1. The number of carbonyl (C=O) groups excluding carboxylic acids is 2. The summed E-state index contributed by atoms with van der Waals surface area (Å²) < 4.78 is 5.18. The van der Waals surface area contributed by atoms with Gasteiger partial charge in [-0.1, -0.05) is 26.2 Å². The van der Waals surface area contributed by atoms with Crippen LogP contribution in [0.15, 0.2) is 0 Å². The third kappa shape index (κ3) is 8.74. The van der Waals surface area contributed by atoms with E-state index in [1.54, 1.807) is 0 Å². The first-order valence-corrected chi connectivity index (χ1v) is 8.25. The van der Waals surface area contributed by atoms with E-state index < -0.39 is 5.60 Å². The van der Waals surface area contributed by atoms with Gasteiger partial charge in [0.25, 0.3) is 0 Å². The summed E-state index contributed by atoms with van der Waals surface area (Å²) in [5, 5.41) is 2.92. The van der Waals surface area contributed by atoms with Gasteiger partial charge in [0.2, 0.25) is 5.91 Å². The Morgan fingerprint density at radius 2 is 1.90 bits per heavy atom. The number of esters is 1. The van der Waals surface area contributed by atoms with Crippen molar-refractivity contribution in [2.75, 3.05) is 6.54 Å². The molecule has 122 valence electrons. The van der Waals surface area contributed by atoms with Crippen molar-refractivity contribution in [2.24, 2.45) is 11.8 Å². The van der Waals surface area contributed by atoms with Crippen molar-refractivity contribution in [2.45, 2.75) is 78.2 Å². The molecule has 4 nitrogen and oxygen atoms in total. The summed E-state index contributed by atoms with van der Waals surface area (Å²) in [6.45, 7) is 8.53. The molecule has 4 heteroatoms. The highest BCUT2D eigenvalue weighted by molar-refractivity contribution is 5.81. The lowest BCUT2D eigenvalue weighted by atomic mass is 9.81. The lowest BCUT2D eigenvalue weighted by Gasteiger charge is -2.26. The maximum atomic E-state index is 11.7. The molecule has 0 aromatic rings. The van der Waals surface area contributed by atoms with E-state index in [4.69, 9.17) is 4.74 Å². The summed E-state index contributed by atoms with van der Waals surface area (Å²) in [5.74, 6) is 1.22. The Hall–Kier alpha value is -1.06. The van der Waals surface area contributed by atoms with Gasteiger partial charge < -0.3 is 10.1 Å². The number of amides is 1. The normalized spacial score (nSPS) is 22.7. The van der Waals surface area contributed by atoms with E-state index in [0.717, 1.165) is 24.8 Å². The standard InChI is InChI=1S/C17H31NO3/c1-13-6-5-7-14(12-13)10-11-18-15(19)8-9-16(20)21-17(2,3)4/h13-14H,5-12H2,1-4H3,(H,18,19). The van der Waals surface area contributed by atoms with E-state index in [9.17, 15) is 9.59 Å². The summed E-state index contributed by atoms with van der Waals surface area (Å²) in [5.41, 5.74) is -0.481. The van der Waals surface area contributed by atoms with Gasteiger partial charge in [-0.05, 0) is 45.4 Å². The maximum Gasteiger partial charge on any atom is 0.306 e. The smallest absolute Gasteiger partial charge is 0.306 e. The minimum Gasteiger partial charge on any atom is -0.460 e. The fourth-order valence-corrected chi connectivity index (χ4v) is 2.93. The molecule has 1 N–H and O–H groups in total. The van der Waals surface area contributed by atoms with Crippen LogP contribution in [0.4, 0.5) is 0 Å². The molecular formula is C17H31NO3. The quantitative estimate of drug-likeness (QED) is 0.764. The van der Waals surface area contributed by atoms with E-state index in [2.05, 4.69) is 12.2 Å². The second kappa shape index (κ2) is 8.40. The predicted molar refractivity (Wildman–Crippen MR) is 83.8 cm³/mol. The van der Waals surface area contributed by atoms with E-state index in [1.807, 2.05) is 20.8 Å². The molecule has 1 amide bonds. The van der Waals surface area contributed by atoms with Crippen molar-refractivity contribution in [1.29, 1.82) is 0 Å². The fourth-order valence-electron chi connectivity index (χ4n) is 2.93. The molecule has 0 bridgehead atoms. The van der Waals surface area contributed by atoms with Crippen molar-refractivity contribution < 1.29 is 14.3 Å². The Balaban J connectivity index is 2.10. The van der Waals surface area contributed by atoms with Gasteiger partial charge in [-0.15, -0.1) is 0 Å². The summed E-state index contributed by atoms with van der Waals surface area (Å²) in [7, 11) is 0. The van der Waals surface area contributed by atoms with E-state index in [1.165, 1.54) is 25.7 Å². The molecule has 0 saturated heterocycles. The first-order chi connectivity index (χ1) is 9.76. The van der Waals surface area contributed by atoms with Crippen LogP contribution < -0.4 is 5.32 Å². The summed E-state index contributed by atoms with van der Waals surface area (Å²) in [6, 6.07) is 0. The zero-order valence-corrected chi connectivity index (χ0v) is 14.0. The monoisotopic (exact) mass is 297 g/mol. The third-order valence-electron chi connectivity index (χ3n) is 3.90. The van der Waals surface area contributed by atoms with Gasteiger partial charge in [-0.3, -0.25) is 9.59 Å². The molecule has 0 spiro atoms. The van der Waals surface area contributed by atoms with Crippen LogP contribution in [0.5, 0.6) is 0 Å². The molecule has 1 aliphatic rings. The molecule has 1 saturated carbocycles. The topological polar surface area (TPSA) is 55.4 Å². The highest BCUT2D eigenvalue weighted by Crippen LogP contribution is 2.30. The molecule has 1 fully saturated rings. The highest BCUT2D eigenvalue weighted by Gasteiger charge is 2.19. The zero-order chi connectivity index (χ0) is 15.9. The fraction of sp³-hybridized carbons (Fsp3) is 0.882. The number of nitrogens with one attached hydrogen (secondary N) is 1. The van der Waals surface area contributed by atoms with Crippen LogP contribution in [0, 0.1) is 11.8 Å². The molecule has 2 unspecified atom stereocenters. The molecule has 1 aliphatic carbocycles. The van der Waals surface area contributed by atoms with E-state index in [0.29, 0.717) is 0 Å². The third-order valence-corrected chi connectivity index (χ3v) is 3.90. The molecule has 0 radical (unpaired) electrons. The van der Waals surface area contributed by atoms with Crippen LogP contribution in [0.2, 0.25) is 0 Å². The highest BCUT2D eigenvalue weighted by atomic mass is 16.6.